The molecule has 142 valence electrons. The Hall–Kier alpha value is -3.03. The summed E-state index contributed by atoms with van der Waals surface area (Å²) in [6.07, 6.45) is 0.618. The second-order valence-electron chi connectivity index (χ2n) is 6.30. The van der Waals surface area contributed by atoms with Crippen LogP contribution < -0.4 is 11.1 Å². The van der Waals surface area contributed by atoms with E-state index in [4.69, 9.17) is 16.3 Å². The van der Waals surface area contributed by atoms with E-state index in [1.54, 1.807) is 55.6 Å². The third-order valence-corrected chi connectivity index (χ3v) is 4.73. The highest BCUT2D eigenvalue weighted by Crippen LogP contribution is 2.19. The fraction of sp³-hybridized carbons (Fsp3) is 0.200. The highest BCUT2D eigenvalue weighted by molar-refractivity contribution is 6.30. The van der Waals surface area contributed by atoms with Crippen molar-refractivity contribution in [3.8, 4) is 11.4 Å². The molecule has 0 saturated carbocycles. The maximum absolute atomic E-state index is 13.2. The van der Waals surface area contributed by atoms with Crippen LogP contribution >= 0.6 is 11.6 Å². The zero-order chi connectivity index (χ0) is 19.7. The van der Waals surface area contributed by atoms with Gasteiger partial charge in [0.1, 0.15) is 0 Å². The van der Waals surface area contributed by atoms with E-state index in [9.17, 15) is 9.59 Å². The van der Waals surface area contributed by atoms with E-state index in [0.717, 1.165) is 4.52 Å². The molecule has 0 spiro atoms. The van der Waals surface area contributed by atoms with Crippen molar-refractivity contribution in [1.82, 2.24) is 19.2 Å². The number of benzene rings is 2. The molecule has 4 rings (SSSR count). The van der Waals surface area contributed by atoms with Gasteiger partial charge in [-0.1, -0.05) is 23.7 Å². The first kappa shape index (κ1) is 18.3. The molecule has 7 nitrogen and oxygen atoms in total. The van der Waals surface area contributed by atoms with Gasteiger partial charge in [0.15, 0.2) is 5.82 Å². The number of para-hydroxylation sites is 1. The lowest BCUT2D eigenvalue weighted by molar-refractivity contribution is 0.190. The lowest BCUT2D eigenvalue weighted by atomic mass is 10.2. The Labute approximate surface area is 164 Å². The maximum atomic E-state index is 13.2. The van der Waals surface area contributed by atoms with E-state index in [1.165, 1.54) is 4.57 Å². The molecule has 2 aromatic carbocycles. The molecule has 28 heavy (non-hydrogen) atoms. The van der Waals surface area contributed by atoms with E-state index < -0.39 is 0 Å². The number of fused-ring (bicyclic) bond motifs is 2. The van der Waals surface area contributed by atoms with Crippen LogP contribution in [0.25, 0.3) is 27.9 Å². The number of halogens is 1. The number of ether oxygens (including phenoxy) is 1. The Kier molecular flexibility index (Phi) is 4.93. The summed E-state index contributed by atoms with van der Waals surface area (Å²) in [5.74, 6) is 0.379. The molecule has 0 aliphatic carbocycles. The predicted molar refractivity (Wildman–Crippen MR) is 108 cm³/mol. The zero-order valence-electron chi connectivity index (χ0n) is 15.1. The second kappa shape index (κ2) is 7.53. The van der Waals surface area contributed by atoms with Crippen molar-refractivity contribution in [1.29, 1.82) is 0 Å². The van der Waals surface area contributed by atoms with Crippen molar-refractivity contribution in [3.63, 3.8) is 0 Å². The molecule has 8 heteroatoms. The Balaban J connectivity index is 2.04. The summed E-state index contributed by atoms with van der Waals surface area (Å²) in [4.78, 5) is 30.5. The van der Waals surface area contributed by atoms with Crippen LogP contribution in [0.3, 0.4) is 0 Å². The van der Waals surface area contributed by atoms with Gasteiger partial charge in [0, 0.05) is 30.8 Å². The average Bonchev–Trinajstić information content (AvgIpc) is 2.71. The third kappa shape index (κ3) is 3.19. The van der Waals surface area contributed by atoms with E-state index in [1.807, 2.05) is 0 Å². The number of methoxy groups -OCH3 is 1. The van der Waals surface area contributed by atoms with Gasteiger partial charge in [0.25, 0.3) is 11.1 Å². The standard InChI is InChI=1S/C20H17ClN4O3/c1-28-12-4-11-24-17(13-7-9-14(21)10-8-13)23-25-18(20(24)27)22-16-6-3-2-5-15(16)19(25)26/h2-3,5-10H,4,11-12H2,1H3. The smallest absolute Gasteiger partial charge is 0.297 e. The predicted octanol–water partition coefficient (Wildman–Crippen LogP) is 2.76. The van der Waals surface area contributed by atoms with E-state index in [2.05, 4.69) is 10.1 Å². The summed E-state index contributed by atoms with van der Waals surface area (Å²) >= 11 is 5.99. The van der Waals surface area contributed by atoms with Gasteiger partial charge in [0.2, 0.25) is 5.65 Å². The summed E-state index contributed by atoms with van der Waals surface area (Å²) in [5.41, 5.74) is 0.393. The third-order valence-electron chi connectivity index (χ3n) is 4.47. The van der Waals surface area contributed by atoms with Crippen molar-refractivity contribution in [2.24, 2.45) is 0 Å². The molecular formula is C20H17ClN4O3. The Bertz CT molecular complexity index is 1280. The molecule has 0 aliphatic rings. The van der Waals surface area contributed by atoms with Gasteiger partial charge in [-0.25, -0.2) is 4.98 Å². The minimum absolute atomic E-state index is 0.00108. The zero-order valence-corrected chi connectivity index (χ0v) is 15.9. The number of nitrogens with zero attached hydrogens (tertiary/aromatic N) is 4. The Morgan fingerprint density at radius 1 is 1.04 bits per heavy atom. The first-order valence-corrected chi connectivity index (χ1v) is 9.15. The summed E-state index contributed by atoms with van der Waals surface area (Å²) in [7, 11) is 1.61. The largest absolute Gasteiger partial charge is 0.385 e. The van der Waals surface area contributed by atoms with Gasteiger partial charge in [-0.05, 0) is 42.8 Å². The average molecular weight is 397 g/mol. The maximum Gasteiger partial charge on any atom is 0.297 e. The van der Waals surface area contributed by atoms with Crippen molar-refractivity contribution >= 4 is 28.2 Å². The van der Waals surface area contributed by atoms with Crippen molar-refractivity contribution in [2.45, 2.75) is 13.0 Å². The van der Waals surface area contributed by atoms with E-state index in [-0.39, 0.29) is 16.8 Å². The molecule has 0 radical (unpaired) electrons. The highest BCUT2D eigenvalue weighted by Gasteiger charge is 2.16. The van der Waals surface area contributed by atoms with Crippen LogP contribution in [0.15, 0.2) is 58.1 Å². The van der Waals surface area contributed by atoms with Crippen LogP contribution in [0.1, 0.15) is 6.42 Å². The molecular weight excluding hydrogens is 380 g/mol. The lowest BCUT2D eigenvalue weighted by Gasteiger charge is -2.14. The molecule has 4 aromatic rings. The normalized spacial score (nSPS) is 11.4. The fourth-order valence-corrected chi connectivity index (χ4v) is 3.23. The van der Waals surface area contributed by atoms with Gasteiger partial charge in [-0.3, -0.25) is 14.2 Å². The number of aromatic nitrogens is 4. The second-order valence-corrected chi connectivity index (χ2v) is 6.74. The van der Waals surface area contributed by atoms with Crippen LogP contribution in [0.5, 0.6) is 0 Å². The van der Waals surface area contributed by atoms with Gasteiger partial charge < -0.3 is 4.74 Å². The van der Waals surface area contributed by atoms with E-state index in [0.29, 0.717) is 46.9 Å². The summed E-state index contributed by atoms with van der Waals surface area (Å²) < 4.78 is 7.72. The molecule has 0 saturated heterocycles. The summed E-state index contributed by atoms with van der Waals surface area (Å²) in [5, 5.41) is 5.47. The Morgan fingerprint density at radius 3 is 2.54 bits per heavy atom. The highest BCUT2D eigenvalue weighted by atomic mass is 35.5. The van der Waals surface area contributed by atoms with Crippen molar-refractivity contribution in [3.05, 3.63) is 74.3 Å². The first-order chi connectivity index (χ1) is 13.6. The summed E-state index contributed by atoms with van der Waals surface area (Å²) in [6.45, 7) is 0.881. The molecule has 2 heterocycles. The lowest BCUT2D eigenvalue weighted by Crippen LogP contribution is -2.32. The molecule has 0 atom stereocenters. The molecule has 0 unspecified atom stereocenters. The SMILES string of the molecule is COCCCn1c(-c2ccc(Cl)cc2)nn2c(=O)c3ccccc3nc2c1=O. The Morgan fingerprint density at radius 2 is 1.79 bits per heavy atom. The fourth-order valence-electron chi connectivity index (χ4n) is 3.11. The van der Waals surface area contributed by atoms with Gasteiger partial charge in [-0.2, -0.15) is 4.52 Å². The van der Waals surface area contributed by atoms with Crippen LogP contribution in [0.2, 0.25) is 5.02 Å². The van der Waals surface area contributed by atoms with Crippen LogP contribution in [0.4, 0.5) is 0 Å². The molecule has 0 fully saturated rings. The monoisotopic (exact) mass is 396 g/mol. The molecule has 0 N–H and O–H groups in total. The topological polar surface area (TPSA) is 78.5 Å². The summed E-state index contributed by atoms with van der Waals surface area (Å²) in [6, 6.07) is 13.9. The molecule has 2 aromatic heterocycles. The molecule has 0 aliphatic heterocycles. The molecule has 0 amide bonds. The first-order valence-electron chi connectivity index (χ1n) is 8.77. The van der Waals surface area contributed by atoms with Crippen LogP contribution in [-0.4, -0.2) is 32.9 Å². The number of hydrogen-bond donors (Lipinski definition) is 0. The number of hydrogen-bond acceptors (Lipinski definition) is 5. The van der Waals surface area contributed by atoms with Crippen LogP contribution in [-0.2, 0) is 11.3 Å². The van der Waals surface area contributed by atoms with Crippen LogP contribution in [0, 0.1) is 0 Å². The van der Waals surface area contributed by atoms with Crippen molar-refractivity contribution in [2.75, 3.05) is 13.7 Å². The van der Waals surface area contributed by atoms with Gasteiger partial charge in [-0.15, -0.1) is 5.10 Å². The number of rotatable bonds is 5. The van der Waals surface area contributed by atoms with Gasteiger partial charge >= 0.3 is 0 Å². The quantitative estimate of drug-likeness (QED) is 0.383. The van der Waals surface area contributed by atoms with Crippen molar-refractivity contribution < 1.29 is 4.74 Å². The minimum atomic E-state index is -0.378. The van der Waals surface area contributed by atoms with Gasteiger partial charge in [0.05, 0.1) is 10.9 Å². The van der Waals surface area contributed by atoms with E-state index >= 15 is 0 Å². The minimum Gasteiger partial charge on any atom is -0.385 e. The molecule has 0 bridgehead atoms.